The first-order valence-electron chi connectivity index (χ1n) is 4.22. The van der Waals surface area contributed by atoms with E-state index in [1.807, 2.05) is 0 Å². The van der Waals surface area contributed by atoms with Gasteiger partial charge in [-0.15, -0.1) is 0 Å². The summed E-state index contributed by atoms with van der Waals surface area (Å²) in [6.45, 7) is 0. The zero-order chi connectivity index (χ0) is 13.4. The molecule has 1 nitrogen and oxygen atoms in total. The highest BCUT2D eigenvalue weighted by Gasteiger charge is 2.61. The average molecular weight is 294 g/mol. The Hall–Kier alpha value is -0.590. The second-order valence-corrected chi connectivity index (χ2v) is 4.09. The number of hydrogen-bond donors (Lipinski definition) is 1. The topological polar surface area (TPSA) is 26.0 Å². The van der Waals surface area contributed by atoms with Crippen LogP contribution in [0, 0.1) is 0 Å². The van der Waals surface area contributed by atoms with Gasteiger partial charge in [0.25, 0.3) is 0 Å². The molecule has 17 heavy (non-hydrogen) atoms. The lowest BCUT2D eigenvalue weighted by molar-refractivity contribution is -0.291. The first kappa shape index (κ1) is 14.5. The van der Waals surface area contributed by atoms with Crippen LogP contribution in [-0.4, -0.2) is 12.1 Å². The lowest BCUT2D eigenvalue weighted by atomic mass is 10.0. The second kappa shape index (κ2) is 4.59. The van der Waals surface area contributed by atoms with Gasteiger partial charge in [-0.3, -0.25) is 0 Å². The van der Waals surface area contributed by atoms with Gasteiger partial charge < -0.3 is 5.73 Å². The fraction of sp³-hybridized carbons (Fsp3) is 0.333. The number of halogens is 7. The number of benzene rings is 1. The molecule has 1 aromatic rings. The van der Waals surface area contributed by atoms with E-state index < -0.39 is 23.7 Å². The highest BCUT2D eigenvalue weighted by atomic mass is 35.5. The normalized spacial score (nSPS) is 14.8. The van der Waals surface area contributed by atoms with Crippen LogP contribution in [0.5, 0.6) is 0 Å². The van der Waals surface area contributed by atoms with Crippen molar-refractivity contribution < 1.29 is 22.0 Å². The van der Waals surface area contributed by atoms with Crippen LogP contribution in [-0.2, 0) is 0 Å². The molecule has 0 saturated heterocycles. The molecule has 0 aliphatic carbocycles. The van der Waals surface area contributed by atoms with E-state index in [0.29, 0.717) is 0 Å². The van der Waals surface area contributed by atoms with Gasteiger partial charge in [0.15, 0.2) is 0 Å². The van der Waals surface area contributed by atoms with Crippen molar-refractivity contribution in [3.05, 3.63) is 33.8 Å². The summed E-state index contributed by atoms with van der Waals surface area (Å²) in [6.07, 6.45) is -5.72. The zero-order valence-electron chi connectivity index (χ0n) is 8.03. The maximum absolute atomic E-state index is 12.9. The van der Waals surface area contributed by atoms with E-state index in [1.165, 1.54) is 0 Å². The molecule has 0 spiro atoms. The van der Waals surface area contributed by atoms with Gasteiger partial charge in [0, 0.05) is 0 Å². The van der Waals surface area contributed by atoms with Crippen molar-refractivity contribution in [2.24, 2.45) is 5.73 Å². The van der Waals surface area contributed by atoms with Gasteiger partial charge in [0.1, 0.15) is 6.04 Å². The van der Waals surface area contributed by atoms with Gasteiger partial charge in [-0.05, 0) is 17.7 Å². The van der Waals surface area contributed by atoms with Crippen LogP contribution in [0.4, 0.5) is 22.0 Å². The minimum absolute atomic E-state index is 0.0398. The summed E-state index contributed by atoms with van der Waals surface area (Å²) in [5.74, 6) is -5.04. The van der Waals surface area contributed by atoms with Crippen LogP contribution in [0.3, 0.4) is 0 Å². The molecule has 2 N–H and O–H groups in total. The van der Waals surface area contributed by atoms with E-state index in [1.54, 1.807) is 0 Å². The first-order chi connectivity index (χ1) is 7.57. The van der Waals surface area contributed by atoms with Crippen molar-refractivity contribution in [3.8, 4) is 0 Å². The van der Waals surface area contributed by atoms with Crippen molar-refractivity contribution in [3.63, 3.8) is 0 Å². The molecule has 0 amide bonds. The van der Waals surface area contributed by atoms with Gasteiger partial charge in [-0.2, -0.15) is 22.0 Å². The molecule has 0 saturated carbocycles. The van der Waals surface area contributed by atoms with Crippen molar-refractivity contribution in [1.82, 2.24) is 0 Å². The van der Waals surface area contributed by atoms with Crippen LogP contribution < -0.4 is 5.73 Å². The third-order valence-corrected chi connectivity index (χ3v) is 2.81. The summed E-state index contributed by atoms with van der Waals surface area (Å²) in [5.41, 5.74) is 4.46. The molecule has 96 valence electrons. The molecule has 0 radical (unpaired) electrons. The molecular formula is C9H6Cl2F5N. The lowest BCUT2D eigenvalue weighted by Gasteiger charge is -2.26. The number of rotatable bonds is 2. The number of alkyl halides is 5. The summed E-state index contributed by atoms with van der Waals surface area (Å²) in [6, 6.07) is 0.426. The monoisotopic (exact) mass is 293 g/mol. The molecule has 8 heteroatoms. The van der Waals surface area contributed by atoms with Crippen LogP contribution in [0.2, 0.25) is 10.0 Å². The fourth-order valence-electron chi connectivity index (χ4n) is 1.09. The van der Waals surface area contributed by atoms with E-state index in [9.17, 15) is 22.0 Å². The molecule has 0 aliphatic heterocycles. The van der Waals surface area contributed by atoms with Gasteiger partial charge in [0.2, 0.25) is 0 Å². The quantitative estimate of drug-likeness (QED) is 0.813. The van der Waals surface area contributed by atoms with E-state index in [0.717, 1.165) is 18.2 Å². The van der Waals surface area contributed by atoms with Crippen LogP contribution >= 0.6 is 23.2 Å². The predicted molar refractivity (Wildman–Crippen MR) is 54.4 cm³/mol. The van der Waals surface area contributed by atoms with Gasteiger partial charge in [-0.25, -0.2) is 0 Å². The largest absolute Gasteiger partial charge is 0.455 e. The van der Waals surface area contributed by atoms with E-state index in [4.69, 9.17) is 28.9 Å². The SMILES string of the molecule is N[C@H](c1ccc(Cl)c(Cl)c1)C(F)(F)C(F)(F)F. The molecule has 0 fully saturated rings. The highest BCUT2D eigenvalue weighted by Crippen LogP contribution is 2.43. The second-order valence-electron chi connectivity index (χ2n) is 3.27. The summed E-state index contributed by atoms with van der Waals surface area (Å²) < 4.78 is 62.0. The summed E-state index contributed by atoms with van der Waals surface area (Å²) in [4.78, 5) is 0. The molecule has 0 heterocycles. The molecule has 0 aliphatic rings. The van der Waals surface area contributed by atoms with Gasteiger partial charge in [-0.1, -0.05) is 29.3 Å². The number of hydrogen-bond acceptors (Lipinski definition) is 1. The standard InChI is InChI=1S/C9H6Cl2F5N/c10-5-2-1-4(3-6(5)11)7(17)8(12,13)9(14,15)16/h1-3,7H,17H2/t7-/m1/s1. The minimum atomic E-state index is -5.72. The van der Waals surface area contributed by atoms with Crippen molar-refractivity contribution in [2.75, 3.05) is 0 Å². The minimum Gasteiger partial charge on any atom is -0.319 e. The Morgan fingerprint density at radius 1 is 1.00 bits per heavy atom. The molecule has 1 aromatic carbocycles. The Morgan fingerprint density at radius 3 is 1.94 bits per heavy atom. The predicted octanol–water partition coefficient (Wildman–Crippen LogP) is 4.19. The van der Waals surface area contributed by atoms with E-state index >= 15 is 0 Å². The molecular weight excluding hydrogens is 288 g/mol. The highest BCUT2D eigenvalue weighted by molar-refractivity contribution is 6.42. The Bertz CT molecular complexity index is 418. The molecule has 0 aromatic heterocycles. The third-order valence-electron chi connectivity index (χ3n) is 2.07. The van der Waals surface area contributed by atoms with Crippen LogP contribution in [0.25, 0.3) is 0 Å². The van der Waals surface area contributed by atoms with Crippen molar-refractivity contribution >= 4 is 23.2 Å². The summed E-state index contributed by atoms with van der Waals surface area (Å²) >= 11 is 11.0. The summed E-state index contributed by atoms with van der Waals surface area (Å²) in [7, 11) is 0. The molecule has 1 rings (SSSR count). The first-order valence-corrected chi connectivity index (χ1v) is 4.98. The molecule has 1 atom stereocenters. The van der Waals surface area contributed by atoms with E-state index in [2.05, 4.69) is 0 Å². The average Bonchev–Trinajstić information content (AvgIpc) is 2.19. The van der Waals surface area contributed by atoms with Crippen LogP contribution in [0.1, 0.15) is 11.6 Å². The lowest BCUT2D eigenvalue weighted by Crippen LogP contribution is -2.45. The van der Waals surface area contributed by atoms with Crippen LogP contribution in [0.15, 0.2) is 18.2 Å². The zero-order valence-corrected chi connectivity index (χ0v) is 9.54. The van der Waals surface area contributed by atoms with E-state index in [-0.39, 0.29) is 10.0 Å². The number of nitrogens with two attached hydrogens (primary N) is 1. The Morgan fingerprint density at radius 2 is 1.53 bits per heavy atom. The Balaban J connectivity index is 3.12. The van der Waals surface area contributed by atoms with Gasteiger partial charge >= 0.3 is 12.1 Å². The Labute approximate surface area is 103 Å². The maximum atomic E-state index is 12.9. The van der Waals surface area contributed by atoms with Gasteiger partial charge in [0.05, 0.1) is 10.0 Å². The maximum Gasteiger partial charge on any atom is 0.455 e. The Kier molecular flexibility index (Phi) is 3.91. The summed E-state index contributed by atoms with van der Waals surface area (Å²) in [5, 5.41) is -0.101. The third kappa shape index (κ3) is 2.81. The smallest absolute Gasteiger partial charge is 0.319 e. The molecule has 0 bridgehead atoms. The molecule has 0 unspecified atom stereocenters. The fourth-order valence-corrected chi connectivity index (χ4v) is 1.40. The van der Waals surface area contributed by atoms with Crippen molar-refractivity contribution in [2.45, 2.75) is 18.1 Å². The van der Waals surface area contributed by atoms with Crippen molar-refractivity contribution in [1.29, 1.82) is 0 Å².